The average Bonchev–Trinajstić information content (AvgIpc) is 2.76. The maximum absolute atomic E-state index is 9.03. The summed E-state index contributed by atoms with van der Waals surface area (Å²) in [6.45, 7) is 1.98. The Labute approximate surface area is 109 Å². The molecule has 17 heavy (non-hydrogen) atoms. The number of hydrogen-bond acceptors (Lipinski definition) is 3. The normalized spacial score (nSPS) is 12.6. The van der Waals surface area contributed by atoms with E-state index in [4.69, 9.17) is 9.52 Å². The molecular weight excluding hydrogens is 282 g/mol. The number of hydrogen-bond donors (Lipinski definition) is 1. The van der Waals surface area contributed by atoms with Crippen LogP contribution in [0.15, 0.2) is 39.4 Å². The Hall–Kier alpha value is -1.13. The van der Waals surface area contributed by atoms with Gasteiger partial charge in [0.2, 0.25) is 0 Å². The number of rotatable bonds is 4. The second-order valence-corrected chi connectivity index (χ2v) is 4.96. The van der Waals surface area contributed by atoms with Gasteiger partial charge in [-0.15, -0.1) is 0 Å². The number of benzene rings is 1. The standard InChI is InChI=1S/C13H14BrNO2/c1-9(8-16)12-7-15-13(17-12)6-10-3-2-4-11(14)5-10/h2-5,7,9,16H,6,8H2,1H3. The van der Waals surface area contributed by atoms with Crippen molar-refractivity contribution in [3.8, 4) is 0 Å². The van der Waals surface area contributed by atoms with Crippen LogP contribution >= 0.6 is 15.9 Å². The van der Waals surface area contributed by atoms with E-state index in [1.165, 1.54) is 0 Å². The lowest BCUT2D eigenvalue weighted by atomic mass is 10.1. The molecule has 0 aliphatic carbocycles. The van der Waals surface area contributed by atoms with E-state index in [1.54, 1.807) is 6.20 Å². The second-order valence-electron chi connectivity index (χ2n) is 4.05. The summed E-state index contributed by atoms with van der Waals surface area (Å²) in [7, 11) is 0. The van der Waals surface area contributed by atoms with Crippen molar-refractivity contribution < 1.29 is 9.52 Å². The van der Waals surface area contributed by atoms with E-state index >= 15 is 0 Å². The van der Waals surface area contributed by atoms with Crippen LogP contribution in [0.3, 0.4) is 0 Å². The number of oxazole rings is 1. The van der Waals surface area contributed by atoms with Crippen LogP contribution in [-0.4, -0.2) is 16.7 Å². The third-order valence-electron chi connectivity index (χ3n) is 2.58. The van der Waals surface area contributed by atoms with Gasteiger partial charge in [0.05, 0.1) is 12.8 Å². The summed E-state index contributed by atoms with van der Waals surface area (Å²) >= 11 is 3.43. The van der Waals surface area contributed by atoms with Gasteiger partial charge in [0.25, 0.3) is 0 Å². The Morgan fingerprint density at radius 2 is 2.29 bits per heavy atom. The molecule has 0 spiro atoms. The monoisotopic (exact) mass is 295 g/mol. The summed E-state index contributed by atoms with van der Waals surface area (Å²) in [5, 5.41) is 9.03. The van der Waals surface area contributed by atoms with E-state index in [2.05, 4.69) is 20.9 Å². The van der Waals surface area contributed by atoms with Gasteiger partial charge in [-0.3, -0.25) is 0 Å². The molecule has 3 nitrogen and oxygen atoms in total. The highest BCUT2D eigenvalue weighted by Crippen LogP contribution is 2.19. The smallest absolute Gasteiger partial charge is 0.198 e. The Kier molecular flexibility index (Phi) is 3.97. The fourth-order valence-corrected chi connectivity index (χ4v) is 1.99. The quantitative estimate of drug-likeness (QED) is 0.943. The predicted octanol–water partition coefficient (Wildman–Crippen LogP) is 3.12. The fraction of sp³-hybridized carbons (Fsp3) is 0.308. The third-order valence-corrected chi connectivity index (χ3v) is 3.07. The summed E-state index contributed by atoms with van der Waals surface area (Å²) in [6, 6.07) is 8.04. The number of aliphatic hydroxyl groups excluding tert-OH is 1. The van der Waals surface area contributed by atoms with Crippen molar-refractivity contribution in [2.75, 3.05) is 6.61 Å². The van der Waals surface area contributed by atoms with E-state index in [0.717, 1.165) is 15.8 Å². The molecule has 0 aliphatic rings. The van der Waals surface area contributed by atoms with Gasteiger partial charge in [0, 0.05) is 16.8 Å². The van der Waals surface area contributed by atoms with E-state index < -0.39 is 0 Å². The lowest BCUT2D eigenvalue weighted by Crippen LogP contribution is -1.96. The average molecular weight is 296 g/mol. The fourth-order valence-electron chi connectivity index (χ4n) is 1.55. The van der Waals surface area contributed by atoms with E-state index in [-0.39, 0.29) is 12.5 Å². The summed E-state index contributed by atoms with van der Waals surface area (Å²) < 4.78 is 6.64. The number of halogens is 1. The Bertz CT molecular complexity index is 496. The number of nitrogens with zero attached hydrogens (tertiary/aromatic N) is 1. The van der Waals surface area contributed by atoms with Crippen LogP contribution in [0.5, 0.6) is 0 Å². The summed E-state index contributed by atoms with van der Waals surface area (Å²) in [5.74, 6) is 1.41. The number of aliphatic hydroxyl groups is 1. The van der Waals surface area contributed by atoms with Gasteiger partial charge in [-0.1, -0.05) is 35.0 Å². The van der Waals surface area contributed by atoms with Gasteiger partial charge in [-0.2, -0.15) is 0 Å². The minimum absolute atomic E-state index is 0.00115. The van der Waals surface area contributed by atoms with Crippen molar-refractivity contribution in [2.24, 2.45) is 0 Å². The van der Waals surface area contributed by atoms with Gasteiger partial charge in [0.15, 0.2) is 5.89 Å². The van der Waals surface area contributed by atoms with Crippen LogP contribution in [-0.2, 0) is 6.42 Å². The van der Waals surface area contributed by atoms with E-state index in [0.29, 0.717) is 12.3 Å². The Morgan fingerprint density at radius 1 is 1.47 bits per heavy atom. The first-order valence-electron chi connectivity index (χ1n) is 5.49. The molecule has 0 saturated heterocycles. The highest BCUT2D eigenvalue weighted by molar-refractivity contribution is 9.10. The highest BCUT2D eigenvalue weighted by Gasteiger charge is 2.11. The van der Waals surface area contributed by atoms with Gasteiger partial charge in [0.1, 0.15) is 5.76 Å². The topological polar surface area (TPSA) is 46.3 Å². The van der Waals surface area contributed by atoms with Crippen molar-refractivity contribution in [3.05, 3.63) is 52.1 Å². The summed E-state index contributed by atoms with van der Waals surface area (Å²) in [5.41, 5.74) is 1.14. The van der Waals surface area contributed by atoms with Crippen molar-refractivity contribution in [2.45, 2.75) is 19.3 Å². The van der Waals surface area contributed by atoms with Crippen LogP contribution in [0.1, 0.15) is 30.1 Å². The zero-order valence-corrected chi connectivity index (χ0v) is 11.1. The molecule has 1 heterocycles. The molecule has 1 N–H and O–H groups in total. The van der Waals surface area contributed by atoms with Crippen LogP contribution in [0.4, 0.5) is 0 Å². The Balaban J connectivity index is 2.11. The minimum Gasteiger partial charge on any atom is -0.445 e. The molecule has 0 amide bonds. The molecule has 1 unspecified atom stereocenters. The molecule has 2 rings (SSSR count). The van der Waals surface area contributed by atoms with Gasteiger partial charge in [-0.05, 0) is 17.7 Å². The zero-order valence-electron chi connectivity index (χ0n) is 9.56. The SMILES string of the molecule is CC(CO)c1cnc(Cc2cccc(Br)c2)o1. The van der Waals surface area contributed by atoms with Gasteiger partial charge >= 0.3 is 0 Å². The van der Waals surface area contributed by atoms with Crippen LogP contribution < -0.4 is 0 Å². The molecule has 0 aliphatic heterocycles. The van der Waals surface area contributed by atoms with Crippen molar-refractivity contribution in [3.63, 3.8) is 0 Å². The first kappa shape index (κ1) is 12.3. The van der Waals surface area contributed by atoms with Gasteiger partial charge < -0.3 is 9.52 Å². The van der Waals surface area contributed by atoms with E-state index in [9.17, 15) is 0 Å². The van der Waals surface area contributed by atoms with Crippen LogP contribution in [0, 0.1) is 0 Å². The molecule has 0 radical (unpaired) electrons. The molecule has 0 bridgehead atoms. The molecule has 2 aromatic rings. The van der Waals surface area contributed by atoms with Crippen molar-refractivity contribution >= 4 is 15.9 Å². The van der Waals surface area contributed by atoms with Gasteiger partial charge in [-0.25, -0.2) is 4.98 Å². The maximum Gasteiger partial charge on any atom is 0.198 e. The molecule has 1 atom stereocenters. The van der Waals surface area contributed by atoms with Crippen LogP contribution in [0.25, 0.3) is 0 Å². The minimum atomic E-state index is -0.00115. The second kappa shape index (κ2) is 5.47. The first-order chi connectivity index (χ1) is 8.19. The summed E-state index contributed by atoms with van der Waals surface area (Å²) in [6.07, 6.45) is 2.35. The molecule has 1 aromatic heterocycles. The maximum atomic E-state index is 9.03. The predicted molar refractivity (Wildman–Crippen MR) is 69.0 cm³/mol. The van der Waals surface area contributed by atoms with E-state index in [1.807, 2.05) is 31.2 Å². The molecule has 4 heteroatoms. The third kappa shape index (κ3) is 3.17. The molecular formula is C13H14BrNO2. The molecule has 1 aromatic carbocycles. The molecule has 0 fully saturated rings. The lowest BCUT2D eigenvalue weighted by Gasteiger charge is -2.02. The lowest BCUT2D eigenvalue weighted by molar-refractivity contribution is 0.255. The highest BCUT2D eigenvalue weighted by atomic mass is 79.9. The van der Waals surface area contributed by atoms with Crippen molar-refractivity contribution in [1.29, 1.82) is 0 Å². The van der Waals surface area contributed by atoms with Crippen LogP contribution in [0.2, 0.25) is 0 Å². The Morgan fingerprint density at radius 3 is 3.00 bits per heavy atom. The molecule has 0 saturated carbocycles. The zero-order chi connectivity index (χ0) is 12.3. The largest absolute Gasteiger partial charge is 0.445 e. The molecule has 90 valence electrons. The van der Waals surface area contributed by atoms with Crippen molar-refractivity contribution in [1.82, 2.24) is 4.98 Å². The number of aromatic nitrogens is 1. The first-order valence-corrected chi connectivity index (χ1v) is 6.28. The summed E-state index contributed by atoms with van der Waals surface area (Å²) in [4.78, 5) is 4.22.